The number of halogens is 3. The molecule has 1 saturated heterocycles. The maximum absolute atomic E-state index is 12.1. The Kier molecular flexibility index (Phi) is 5.31. The first kappa shape index (κ1) is 17.1. The molecule has 0 saturated carbocycles. The van der Waals surface area contributed by atoms with Gasteiger partial charge in [0.2, 0.25) is 0 Å². The molecule has 0 atom stereocenters. The maximum Gasteiger partial charge on any atom is 0.573 e. The Morgan fingerprint density at radius 3 is 2.32 bits per heavy atom. The smallest absolute Gasteiger partial charge is 0.406 e. The van der Waals surface area contributed by atoms with E-state index in [4.69, 9.17) is 4.74 Å². The van der Waals surface area contributed by atoms with E-state index < -0.39 is 6.36 Å². The third-order valence-corrected chi connectivity index (χ3v) is 4.10. The van der Waals surface area contributed by atoms with Gasteiger partial charge in [-0.25, -0.2) is 0 Å². The van der Waals surface area contributed by atoms with Gasteiger partial charge in [0.15, 0.2) is 0 Å². The molecule has 0 spiro atoms. The van der Waals surface area contributed by atoms with Crippen LogP contribution < -0.4 is 4.74 Å². The summed E-state index contributed by atoms with van der Waals surface area (Å²) in [5, 5.41) is 9.72. The summed E-state index contributed by atoms with van der Waals surface area (Å²) in [5.74, 6) is -0.234. The van der Waals surface area contributed by atoms with Gasteiger partial charge in [0.25, 0.3) is 0 Å². The fourth-order valence-electron chi connectivity index (χ4n) is 2.65. The number of nitrogens with zero attached hydrogens (tertiary/aromatic N) is 1. The molecule has 7 heteroatoms. The predicted octanol–water partition coefficient (Wildman–Crippen LogP) is 2.56. The van der Waals surface area contributed by atoms with Gasteiger partial charge in [0.1, 0.15) is 5.75 Å². The number of ether oxygens (including phenoxy) is 2. The number of aliphatic hydroxyl groups excluding tert-OH is 1. The molecule has 124 valence electrons. The van der Waals surface area contributed by atoms with Crippen molar-refractivity contribution in [3.63, 3.8) is 0 Å². The lowest BCUT2D eigenvalue weighted by Crippen LogP contribution is -2.52. The van der Waals surface area contributed by atoms with Crippen molar-refractivity contribution >= 4 is 0 Å². The highest BCUT2D eigenvalue weighted by molar-refractivity contribution is 5.27. The molecule has 2 rings (SSSR count). The van der Waals surface area contributed by atoms with Crippen LogP contribution in [-0.4, -0.2) is 48.8 Å². The molecular formula is C15H20F3NO3. The SMILES string of the molecule is CN(Cc1ccc(OC(F)(F)F)cc1)C1(CO)CCOCC1. The van der Waals surface area contributed by atoms with Crippen molar-refractivity contribution in [2.24, 2.45) is 0 Å². The molecule has 0 aromatic heterocycles. The van der Waals surface area contributed by atoms with Crippen LogP contribution in [0.1, 0.15) is 18.4 Å². The van der Waals surface area contributed by atoms with Gasteiger partial charge in [-0.05, 0) is 37.6 Å². The molecule has 1 aliphatic rings. The average Bonchev–Trinajstić information content (AvgIpc) is 2.48. The van der Waals surface area contributed by atoms with Crippen LogP contribution in [0.2, 0.25) is 0 Å². The second kappa shape index (κ2) is 6.85. The van der Waals surface area contributed by atoms with Crippen molar-refractivity contribution < 1.29 is 27.8 Å². The van der Waals surface area contributed by atoms with Crippen LogP contribution in [-0.2, 0) is 11.3 Å². The van der Waals surface area contributed by atoms with E-state index in [1.165, 1.54) is 12.1 Å². The lowest BCUT2D eigenvalue weighted by Gasteiger charge is -2.43. The Bertz CT molecular complexity index is 470. The third kappa shape index (κ3) is 4.34. The zero-order valence-electron chi connectivity index (χ0n) is 12.4. The summed E-state index contributed by atoms with van der Waals surface area (Å²) in [6, 6.07) is 5.79. The zero-order chi connectivity index (χ0) is 16.2. The summed E-state index contributed by atoms with van der Waals surface area (Å²) < 4.78 is 45.5. The number of hydrogen-bond donors (Lipinski definition) is 1. The van der Waals surface area contributed by atoms with Crippen LogP contribution in [0.5, 0.6) is 5.75 Å². The lowest BCUT2D eigenvalue weighted by atomic mass is 9.89. The van der Waals surface area contributed by atoms with Crippen molar-refractivity contribution in [1.82, 2.24) is 4.90 Å². The molecule has 1 N–H and O–H groups in total. The minimum Gasteiger partial charge on any atom is -0.406 e. The molecule has 1 aromatic carbocycles. The van der Waals surface area contributed by atoms with Gasteiger partial charge in [-0.3, -0.25) is 4.90 Å². The van der Waals surface area contributed by atoms with Crippen molar-refractivity contribution in [1.29, 1.82) is 0 Å². The Hall–Kier alpha value is -1.31. The standard InChI is InChI=1S/C15H20F3NO3/c1-19(14(11-20)6-8-21-9-7-14)10-12-2-4-13(5-3-12)22-15(16,17)18/h2-5,20H,6-11H2,1H3. The highest BCUT2D eigenvalue weighted by atomic mass is 19.4. The molecule has 4 nitrogen and oxygen atoms in total. The number of alkyl halides is 3. The van der Waals surface area contributed by atoms with Gasteiger partial charge in [0.05, 0.1) is 6.61 Å². The molecule has 1 aromatic rings. The first-order chi connectivity index (χ1) is 10.3. The molecule has 1 aliphatic heterocycles. The maximum atomic E-state index is 12.1. The fourth-order valence-corrected chi connectivity index (χ4v) is 2.65. The molecule has 0 amide bonds. The van der Waals surface area contributed by atoms with E-state index in [1.807, 2.05) is 11.9 Å². The quantitative estimate of drug-likeness (QED) is 0.906. The first-order valence-electron chi connectivity index (χ1n) is 7.09. The van der Waals surface area contributed by atoms with Crippen molar-refractivity contribution in [2.75, 3.05) is 26.9 Å². The van der Waals surface area contributed by atoms with E-state index in [0.717, 1.165) is 18.4 Å². The summed E-state index contributed by atoms with van der Waals surface area (Å²) in [6.07, 6.45) is -3.22. The number of benzene rings is 1. The largest absolute Gasteiger partial charge is 0.573 e. The second-order valence-corrected chi connectivity index (χ2v) is 5.54. The van der Waals surface area contributed by atoms with Crippen molar-refractivity contribution in [3.8, 4) is 5.75 Å². The van der Waals surface area contributed by atoms with Crippen LogP contribution in [0, 0.1) is 0 Å². The number of aliphatic hydroxyl groups is 1. The van der Waals surface area contributed by atoms with E-state index in [2.05, 4.69) is 4.74 Å². The van der Waals surface area contributed by atoms with E-state index in [-0.39, 0.29) is 17.9 Å². The molecule has 0 bridgehead atoms. The normalized spacial score (nSPS) is 18.5. The van der Waals surface area contributed by atoms with Gasteiger partial charge in [0, 0.05) is 25.3 Å². The van der Waals surface area contributed by atoms with Crippen LogP contribution in [0.4, 0.5) is 13.2 Å². The van der Waals surface area contributed by atoms with E-state index in [1.54, 1.807) is 12.1 Å². The highest BCUT2D eigenvalue weighted by Crippen LogP contribution is 2.28. The minimum absolute atomic E-state index is 0.0299. The molecule has 0 unspecified atom stereocenters. The molecule has 1 heterocycles. The van der Waals surface area contributed by atoms with Crippen molar-refractivity contribution in [3.05, 3.63) is 29.8 Å². The molecule has 1 fully saturated rings. The van der Waals surface area contributed by atoms with Crippen LogP contribution >= 0.6 is 0 Å². The monoisotopic (exact) mass is 319 g/mol. The summed E-state index contributed by atoms with van der Waals surface area (Å²) in [6.45, 7) is 1.77. The van der Waals surface area contributed by atoms with E-state index in [9.17, 15) is 18.3 Å². The summed E-state index contributed by atoms with van der Waals surface area (Å²) in [4.78, 5) is 2.04. The fraction of sp³-hybridized carbons (Fsp3) is 0.600. The minimum atomic E-state index is -4.68. The molecular weight excluding hydrogens is 299 g/mol. The topological polar surface area (TPSA) is 41.9 Å². The summed E-state index contributed by atoms with van der Waals surface area (Å²) in [5.41, 5.74) is 0.524. The molecule has 0 radical (unpaired) electrons. The van der Waals surface area contributed by atoms with Crippen LogP contribution in [0.25, 0.3) is 0 Å². The second-order valence-electron chi connectivity index (χ2n) is 5.54. The summed E-state index contributed by atoms with van der Waals surface area (Å²) >= 11 is 0. The molecule has 22 heavy (non-hydrogen) atoms. The van der Waals surface area contributed by atoms with Gasteiger partial charge < -0.3 is 14.6 Å². The number of rotatable bonds is 5. The van der Waals surface area contributed by atoms with Crippen LogP contribution in [0.15, 0.2) is 24.3 Å². The van der Waals surface area contributed by atoms with E-state index in [0.29, 0.717) is 19.8 Å². The third-order valence-electron chi connectivity index (χ3n) is 4.10. The predicted molar refractivity (Wildman–Crippen MR) is 74.5 cm³/mol. The Morgan fingerprint density at radius 1 is 1.23 bits per heavy atom. The number of likely N-dealkylation sites (N-methyl/N-ethyl adjacent to an activating group) is 1. The van der Waals surface area contributed by atoms with Gasteiger partial charge in [-0.1, -0.05) is 12.1 Å². The van der Waals surface area contributed by atoms with Crippen molar-refractivity contribution in [2.45, 2.75) is 31.3 Å². The van der Waals surface area contributed by atoms with Gasteiger partial charge in [-0.2, -0.15) is 0 Å². The lowest BCUT2D eigenvalue weighted by molar-refractivity contribution is -0.274. The Morgan fingerprint density at radius 2 is 1.82 bits per heavy atom. The summed E-state index contributed by atoms with van der Waals surface area (Å²) in [7, 11) is 1.90. The Balaban J connectivity index is 2.00. The van der Waals surface area contributed by atoms with E-state index >= 15 is 0 Å². The average molecular weight is 319 g/mol. The number of hydrogen-bond acceptors (Lipinski definition) is 4. The molecule has 0 aliphatic carbocycles. The highest BCUT2D eigenvalue weighted by Gasteiger charge is 2.36. The zero-order valence-corrected chi connectivity index (χ0v) is 12.4. The van der Waals surface area contributed by atoms with Gasteiger partial charge >= 0.3 is 6.36 Å². The Labute approximate surface area is 127 Å². The first-order valence-corrected chi connectivity index (χ1v) is 7.09. The van der Waals surface area contributed by atoms with Crippen LogP contribution in [0.3, 0.4) is 0 Å². The van der Waals surface area contributed by atoms with Gasteiger partial charge in [-0.15, -0.1) is 13.2 Å².